The Labute approximate surface area is 182 Å². The number of nitrogens with one attached hydrogen (secondary N) is 2. The van der Waals surface area contributed by atoms with Gasteiger partial charge in [0.25, 0.3) is 5.91 Å². The summed E-state index contributed by atoms with van der Waals surface area (Å²) in [5, 5.41) is 6.69. The van der Waals surface area contributed by atoms with Gasteiger partial charge in [0.15, 0.2) is 0 Å². The second-order valence-electron chi connectivity index (χ2n) is 6.51. The van der Waals surface area contributed by atoms with Crippen molar-refractivity contribution in [3.63, 3.8) is 0 Å². The minimum Gasteiger partial charge on any atom is -0.346 e. The van der Waals surface area contributed by atoms with E-state index in [0.717, 1.165) is 25.5 Å². The largest absolute Gasteiger partial charge is 0.346 e. The topological polar surface area (TPSA) is 101 Å². The van der Waals surface area contributed by atoms with Crippen LogP contribution in [0.15, 0.2) is 54.2 Å². The first-order valence-corrected chi connectivity index (χ1v) is 11.9. The van der Waals surface area contributed by atoms with Gasteiger partial charge in [-0.05, 0) is 40.9 Å². The fourth-order valence-corrected chi connectivity index (χ4v) is 5.33. The summed E-state index contributed by atoms with van der Waals surface area (Å²) < 4.78 is 26.6. The molecule has 0 bridgehead atoms. The molecule has 1 unspecified atom stereocenters. The van der Waals surface area contributed by atoms with E-state index in [1.165, 1.54) is 17.5 Å². The first-order valence-electron chi connectivity index (χ1n) is 9.03. The number of amides is 1. The molecule has 4 aromatic rings. The van der Waals surface area contributed by atoms with Crippen molar-refractivity contribution in [1.29, 1.82) is 0 Å². The van der Waals surface area contributed by atoms with E-state index in [4.69, 9.17) is 0 Å². The van der Waals surface area contributed by atoms with Gasteiger partial charge in [-0.1, -0.05) is 24.3 Å². The Morgan fingerprint density at radius 1 is 1.13 bits per heavy atom. The lowest BCUT2D eigenvalue weighted by Gasteiger charge is -2.15. The lowest BCUT2D eigenvalue weighted by atomic mass is 10.0. The van der Waals surface area contributed by atoms with Crippen molar-refractivity contribution in [2.75, 3.05) is 0 Å². The highest BCUT2D eigenvalue weighted by molar-refractivity contribution is 7.70. The van der Waals surface area contributed by atoms with Crippen LogP contribution in [0.4, 0.5) is 0 Å². The lowest BCUT2D eigenvalue weighted by molar-refractivity contribution is 0.0946. The number of thiol groups is 1. The third kappa shape index (κ3) is 4.57. The second-order valence-corrected chi connectivity index (χ2v) is 9.51. The monoisotopic (exact) mass is 458 g/mol. The van der Waals surface area contributed by atoms with E-state index in [1.807, 2.05) is 36.6 Å². The zero-order chi connectivity index (χ0) is 21.1. The molecule has 0 saturated carbocycles. The maximum absolute atomic E-state index is 12.4. The van der Waals surface area contributed by atoms with Crippen LogP contribution in [-0.2, 0) is 17.4 Å². The van der Waals surface area contributed by atoms with Crippen LogP contribution in [0.3, 0.4) is 0 Å². The summed E-state index contributed by atoms with van der Waals surface area (Å²) in [6, 6.07) is 10.6. The number of fused-ring (bicyclic) bond motifs is 1. The molecular weight excluding hydrogens is 440 g/mol. The molecule has 1 amide bonds. The Bertz CT molecular complexity index is 1250. The zero-order valence-electron chi connectivity index (χ0n) is 15.9. The van der Waals surface area contributed by atoms with Gasteiger partial charge in [0, 0.05) is 22.0 Å². The highest BCUT2D eigenvalue weighted by Crippen LogP contribution is 2.33. The summed E-state index contributed by atoms with van der Waals surface area (Å²) >= 11 is 3.08. The van der Waals surface area contributed by atoms with E-state index in [2.05, 4.69) is 20.0 Å². The Balaban J connectivity index is 1.56. The van der Waals surface area contributed by atoms with Crippen LogP contribution in [0.1, 0.15) is 37.5 Å². The second kappa shape index (κ2) is 9.00. The maximum Gasteiger partial charge on any atom is 0.270 e. The molecule has 2 N–H and O–H groups in total. The summed E-state index contributed by atoms with van der Waals surface area (Å²) in [5.74, 6) is -0.298. The summed E-state index contributed by atoms with van der Waals surface area (Å²) in [6.45, 7) is 2.29. The van der Waals surface area contributed by atoms with Gasteiger partial charge >= 0.3 is 0 Å². The van der Waals surface area contributed by atoms with E-state index in [1.54, 1.807) is 29.7 Å². The number of benzene rings is 1. The van der Waals surface area contributed by atoms with Crippen molar-refractivity contribution in [2.24, 2.45) is 0 Å². The number of rotatable bonds is 7. The maximum atomic E-state index is 12.4. The number of carbonyl (C=O) groups excluding carboxylic acids is 1. The molecule has 0 radical (unpaired) electrons. The minimum absolute atomic E-state index is 0.264. The highest BCUT2D eigenvalue weighted by Gasteiger charge is 2.20. The third-order valence-electron chi connectivity index (χ3n) is 4.50. The summed E-state index contributed by atoms with van der Waals surface area (Å²) in [4.78, 5) is 21.8. The smallest absolute Gasteiger partial charge is 0.270 e. The van der Waals surface area contributed by atoms with Crippen molar-refractivity contribution in [3.05, 3.63) is 80.9 Å². The number of nitrogens with zero attached hydrogens (tertiary/aromatic N) is 2. The van der Waals surface area contributed by atoms with E-state index in [0.29, 0.717) is 12.1 Å². The standard InChI is InChI=1S/C20H18N4O3S3/c1-12-21-9-14(29-12)10-23-20(25)17-7-6-13(8-22-17)19(24-30(26)27)16-11-28-18-5-3-2-4-15(16)18/h2-9,11,19,30H,10H2,1H3,(H,23,25)(H,24,26,27). The van der Waals surface area contributed by atoms with Crippen LogP contribution in [0.2, 0.25) is 0 Å². The fraction of sp³-hybridized carbons (Fsp3) is 0.150. The SMILES string of the molecule is Cc1ncc(CNC(=O)c2ccc(C(N[SH](=O)=O)c3csc4ccccc34)cn2)s1. The van der Waals surface area contributed by atoms with E-state index in [-0.39, 0.29) is 11.6 Å². The molecule has 0 aliphatic carbocycles. The summed E-state index contributed by atoms with van der Waals surface area (Å²) in [5.41, 5.74) is 1.78. The molecule has 4 rings (SSSR count). The molecule has 30 heavy (non-hydrogen) atoms. The number of aromatic nitrogens is 2. The van der Waals surface area contributed by atoms with E-state index >= 15 is 0 Å². The van der Waals surface area contributed by atoms with Gasteiger partial charge in [0.1, 0.15) is 5.69 Å². The molecule has 154 valence electrons. The first kappa shape index (κ1) is 20.6. The third-order valence-corrected chi connectivity index (χ3v) is 6.86. The molecule has 3 heterocycles. The lowest BCUT2D eigenvalue weighted by Crippen LogP contribution is -2.24. The Morgan fingerprint density at radius 2 is 1.97 bits per heavy atom. The Kier molecular flexibility index (Phi) is 6.18. The number of aryl methyl sites for hydroxylation is 1. The van der Waals surface area contributed by atoms with Gasteiger partial charge in [-0.15, -0.1) is 22.7 Å². The molecular formula is C20H18N4O3S3. The average Bonchev–Trinajstić information content (AvgIpc) is 3.36. The normalized spacial score (nSPS) is 12.3. The minimum atomic E-state index is -2.83. The zero-order valence-corrected chi connectivity index (χ0v) is 18.4. The van der Waals surface area contributed by atoms with Crippen molar-refractivity contribution >= 4 is 49.6 Å². The Morgan fingerprint density at radius 3 is 2.67 bits per heavy atom. The molecule has 10 heteroatoms. The predicted octanol–water partition coefficient (Wildman–Crippen LogP) is 3.20. The van der Waals surface area contributed by atoms with E-state index < -0.39 is 16.9 Å². The quantitative estimate of drug-likeness (QED) is 0.369. The van der Waals surface area contributed by atoms with Crippen molar-refractivity contribution in [2.45, 2.75) is 19.5 Å². The number of thiophene rings is 1. The van der Waals surface area contributed by atoms with Crippen LogP contribution >= 0.6 is 22.7 Å². The molecule has 7 nitrogen and oxygen atoms in total. The number of thiazole rings is 1. The summed E-state index contributed by atoms with van der Waals surface area (Å²) in [7, 11) is -2.83. The van der Waals surface area contributed by atoms with Gasteiger partial charge in [-0.3, -0.25) is 9.78 Å². The van der Waals surface area contributed by atoms with Crippen molar-refractivity contribution in [1.82, 2.24) is 20.0 Å². The Hall–Kier alpha value is -2.66. The van der Waals surface area contributed by atoms with Crippen LogP contribution in [0.5, 0.6) is 0 Å². The first-order chi connectivity index (χ1) is 14.5. The van der Waals surface area contributed by atoms with Crippen LogP contribution in [0.25, 0.3) is 10.1 Å². The van der Waals surface area contributed by atoms with Gasteiger partial charge in [0.05, 0.1) is 17.6 Å². The number of carbonyl (C=O) groups is 1. The predicted molar refractivity (Wildman–Crippen MR) is 119 cm³/mol. The van der Waals surface area contributed by atoms with Gasteiger partial charge < -0.3 is 5.32 Å². The molecule has 0 fully saturated rings. The van der Waals surface area contributed by atoms with E-state index in [9.17, 15) is 13.2 Å². The van der Waals surface area contributed by atoms with Gasteiger partial charge in [0.2, 0.25) is 10.9 Å². The molecule has 1 aromatic carbocycles. The molecule has 0 spiro atoms. The van der Waals surface area contributed by atoms with Crippen LogP contribution < -0.4 is 10.0 Å². The van der Waals surface area contributed by atoms with Crippen molar-refractivity contribution < 1.29 is 13.2 Å². The number of hydrogen-bond donors (Lipinski definition) is 3. The fourth-order valence-electron chi connectivity index (χ4n) is 3.11. The molecule has 0 saturated heterocycles. The number of pyridine rings is 1. The summed E-state index contributed by atoms with van der Waals surface area (Å²) in [6.07, 6.45) is 3.27. The van der Waals surface area contributed by atoms with Crippen LogP contribution in [0, 0.1) is 6.92 Å². The molecule has 3 aromatic heterocycles. The molecule has 0 aliphatic heterocycles. The van der Waals surface area contributed by atoms with Gasteiger partial charge in [-0.25, -0.2) is 18.1 Å². The van der Waals surface area contributed by atoms with Crippen molar-refractivity contribution in [3.8, 4) is 0 Å². The highest BCUT2D eigenvalue weighted by atomic mass is 32.2. The van der Waals surface area contributed by atoms with Gasteiger partial charge in [-0.2, -0.15) is 0 Å². The number of hydrogen-bond acceptors (Lipinski definition) is 7. The molecule has 1 atom stereocenters. The van der Waals surface area contributed by atoms with Crippen LogP contribution in [-0.4, -0.2) is 24.3 Å². The molecule has 0 aliphatic rings. The average molecular weight is 459 g/mol.